The Bertz CT molecular complexity index is 462. The normalized spacial score (nSPS) is 30.7. The molecule has 0 spiro atoms. The van der Waals surface area contributed by atoms with Gasteiger partial charge in [0.2, 0.25) is 0 Å². The van der Waals surface area contributed by atoms with E-state index in [1.807, 2.05) is 29.9 Å². The number of halogens is 1. The van der Waals surface area contributed by atoms with Crippen LogP contribution >= 0.6 is 17.0 Å². The molecule has 0 radical (unpaired) electrons. The highest BCUT2D eigenvalue weighted by Gasteiger charge is 2.32. The number of hydrogen-bond acceptors (Lipinski definition) is 2. The molecule has 0 bridgehead atoms. The van der Waals surface area contributed by atoms with E-state index in [4.69, 9.17) is 27.6 Å². The van der Waals surface area contributed by atoms with Crippen LogP contribution in [0.1, 0.15) is 12.5 Å². The molecule has 2 rings (SSSR count). The molecular formula is C11H13ClNOPS. The van der Waals surface area contributed by atoms with Gasteiger partial charge in [-0.3, -0.25) is 0 Å². The van der Waals surface area contributed by atoms with Crippen LogP contribution in [0.25, 0.3) is 5.57 Å². The summed E-state index contributed by atoms with van der Waals surface area (Å²) in [5, 5.41) is 0. The van der Waals surface area contributed by atoms with Gasteiger partial charge < -0.3 is 4.52 Å². The average molecular weight is 274 g/mol. The molecule has 86 valence electrons. The molecule has 0 fully saturated rings. The molecule has 2 atom stereocenters. The first-order valence-corrected chi connectivity index (χ1v) is 8.57. The Hall–Kier alpha value is -0.340. The van der Waals surface area contributed by atoms with Crippen molar-refractivity contribution in [3.05, 3.63) is 42.2 Å². The third-order valence-electron chi connectivity index (χ3n) is 2.80. The van der Waals surface area contributed by atoms with Gasteiger partial charge in [0.05, 0.1) is 6.26 Å². The minimum absolute atomic E-state index is 0.180. The Morgan fingerprint density at radius 2 is 2.00 bits per heavy atom. The number of likely N-dealkylation sites (N-methyl/N-ethyl adjacent to an activating group) is 1. The molecular weight excluding hydrogens is 261 g/mol. The van der Waals surface area contributed by atoms with E-state index in [0.717, 1.165) is 11.1 Å². The van der Waals surface area contributed by atoms with Crippen LogP contribution in [0, 0.1) is 0 Å². The summed E-state index contributed by atoms with van der Waals surface area (Å²) in [6.45, 7) is 2.09. The van der Waals surface area contributed by atoms with Gasteiger partial charge in [0.25, 0.3) is 5.77 Å². The molecule has 0 aromatic heterocycles. The van der Waals surface area contributed by atoms with Crippen molar-refractivity contribution in [1.29, 1.82) is 0 Å². The number of hydrogen-bond donors (Lipinski definition) is 0. The fourth-order valence-electron chi connectivity index (χ4n) is 1.64. The Kier molecular flexibility index (Phi) is 3.41. The van der Waals surface area contributed by atoms with Gasteiger partial charge in [0.1, 0.15) is 0 Å². The molecule has 0 aliphatic carbocycles. The van der Waals surface area contributed by atoms with Gasteiger partial charge in [-0.2, -0.15) is 0 Å². The van der Waals surface area contributed by atoms with Crippen LogP contribution in [0.4, 0.5) is 0 Å². The molecule has 0 N–H and O–H groups in total. The van der Waals surface area contributed by atoms with E-state index >= 15 is 0 Å². The van der Waals surface area contributed by atoms with Crippen LogP contribution < -0.4 is 0 Å². The highest BCUT2D eigenvalue weighted by atomic mass is 35.7. The van der Waals surface area contributed by atoms with Crippen molar-refractivity contribution in [2.75, 3.05) is 7.05 Å². The van der Waals surface area contributed by atoms with Crippen molar-refractivity contribution in [2.45, 2.75) is 13.0 Å². The topological polar surface area (TPSA) is 12.5 Å². The molecule has 1 aliphatic rings. The zero-order chi connectivity index (χ0) is 11.8. The lowest BCUT2D eigenvalue weighted by Gasteiger charge is -2.36. The van der Waals surface area contributed by atoms with Crippen molar-refractivity contribution in [3.63, 3.8) is 0 Å². The van der Waals surface area contributed by atoms with E-state index in [1.165, 1.54) is 0 Å². The van der Waals surface area contributed by atoms with Crippen LogP contribution in [0.5, 0.6) is 0 Å². The lowest BCUT2D eigenvalue weighted by Crippen LogP contribution is -2.29. The lowest BCUT2D eigenvalue weighted by molar-refractivity contribution is 0.398. The van der Waals surface area contributed by atoms with E-state index in [1.54, 1.807) is 6.26 Å². The van der Waals surface area contributed by atoms with Crippen LogP contribution in [0.2, 0.25) is 0 Å². The molecule has 1 aliphatic heterocycles. The molecule has 16 heavy (non-hydrogen) atoms. The number of benzene rings is 1. The van der Waals surface area contributed by atoms with Gasteiger partial charge in [-0.1, -0.05) is 30.3 Å². The summed E-state index contributed by atoms with van der Waals surface area (Å²) in [7, 11) is 1.91. The molecule has 2 unspecified atom stereocenters. The second-order valence-electron chi connectivity index (χ2n) is 3.75. The molecule has 1 aromatic rings. The fourth-order valence-corrected chi connectivity index (χ4v) is 3.64. The Balaban J connectivity index is 2.38. The van der Waals surface area contributed by atoms with Gasteiger partial charge in [-0.15, -0.1) is 0 Å². The molecule has 1 heterocycles. The van der Waals surface area contributed by atoms with Crippen LogP contribution in [-0.2, 0) is 16.3 Å². The zero-order valence-corrected chi connectivity index (χ0v) is 11.6. The second-order valence-corrected chi connectivity index (χ2v) is 8.95. The monoisotopic (exact) mass is 273 g/mol. The lowest BCUT2D eigenvalue weighted by atomic mass is 10.0. The Labute approximate surface area is 106 Å². The highest BCUT2D eigenvalue weighted by Crippen LogP contribution is 2.60. The first-order chi connectivity index (χ1) is 7.52. The minimum Gasteiger partial charge on any atom is -0.449 e. The van der Waals surface area contributed by atoms with Gasteiger partial charge >= 0.3 is 0 Å². The summed E-state index contributed by atoms with van der Waals surface area (Å²) in [5.41, 5.74) is 2.26. The predicted octanol–water partition coefficient (Wildman–Crippen LogP) is 3.84. The zero-order valence-electron chi connectivity index (χ0n) is 9.13. The maximum Gasteiger partial charge on any atom is 0.270 e. The Morgan fingerprint density at radius 3 is 2.62 bits per heavy atom. The largest absolute Gasteiger partial charge is 0.449 e. The van der Waals surface area contributed by atoms with Crippen LogP contribution in [0.3, 0.4) is 0 Å². The van der Waals surface area contributed by atoms with E-state index in [9.17, 15) is 0 Å². The first-order valence-electron chi connectivity index (χ1n) is 4.99. The van der Waals surface area contributed by atoms with Crippen molar-refractivity contribution in [3.8, 4) is 0 Å². The molecule has 0 saturated carbocycles. The van der Waals surface area contributed by atoms with E-state index in [-0.39, 0.29) is 6.04 Å². The summed E-state index contributed by atoms with van der Waals surface area (Å²) in [4.78, 5) is 0. The SMILES string of the molecule is CC1C(c2ccccc2)=COP(=S)(Cl)N1C. The van der Waals surface area contributed by atoms with E-state index in [2.05, 4.69) is 19.1 Å². The summed E-state index contributed by atoms with van der Waals surface area (Å²) in [6.07, 6.45) is 1.72. The quantitative estimate of drug-likeness (QED) is 0.722. The summed E-state index contributed by atoms with van der Waals surface area (Å²) < 4.78 is 7.41. The maximum absolute atomic E-state index is 6.16. The summed E-state index contributed by atoms with van der Waals surface area (Å²) in [5.74, 6) is -2.33. The molecule has 2 nitrogen and oxygen atoms in total. The first kappa shape index (κ1) is 12.1. The second kappa shape index (κ2) is 4.50. The fraction of sp³-hybridized carbons (Fsp3) is 0.273. The molecule has 5 heteroatoms. The smallest absolute Gasteiger partial charge is 0.270 e. The minimum atomic E-state index is -2.33. The van der Waals surface area contributed by atoms with Crippen LogP contribution in [-0.4, -0.2) is 17.8 Å². The number of rotatable bonds is 1. The summed E-state index contributed by atoms with van der Waals surface area (Å²) in [6, 6.07) is 10.3. The van der Waals surface area contributed by atoms with Crippen molar-refractivity contribution in [1.82, 2.24) is 4.67 Å². The molecule has 0 amide bonds. The average Bonchev–Trinajstić information content (AvgIpc) is 2.27. The third-order valence-corrected chi connectivity index (χ3v) is 6.26. The Morgan fingerprint density at radius 1 is 1.38 bits per heavy atom. The van der Waals surface area contributed by atoms with Crippen LogP contribution in [0.15, 0.2) is 36.6 Å². The van der Waals surface area contributed by atoms with Crippen molar-refractivity contribution in [2.24, 2.45) is 0 Å². The van der Waals surface area contributed by atoms with E-state index < -0.39 is 5.77 Å². The van der Waals surface area contributed by atoms with Gasteiger partial charge in [0.15, 0.2) is 0 Å². The molecule has 1 aromatic carbocycles. The van der Waals surface area contributed by atoms with Gasteiger partial charge in [-0.25, -0.2) is 4.67 Å². The number of nitrogens with zero attached hydrogens (tertiary/aromatic N) is 1. The molecule has 0 saturated heterocycles. The van der Waals surface area contributed by atoms with Gasteiger partial charge in [-0.05, 0) is 42.6 Å². The van der Waals surface area contributed by atoms with Gasteiger partial charge in [0, 0.05) is 11.6 Å². The van der Waals surface area contributed by atoms with Crippen molar-refractivity contribution >= 4 is 34.4 Å². The van der Waals surface area contributed by atoms with Crippen molar-refractivity contribution < 1.29 is 4.52 Å². The maximum atomic E-state index is 6.16. The standard InChI is InChI=1S/C11H13ClNOPS/c1-9-11(10-6-4-3-5-7-10)8-14-15(12,16)13(9)2/h3-9H,1-2H3. The third kappa shape index (κ3) is 2.18. The van der Waals surface area contributed by atoms with E-state index in [0.29, 0.717) is 0 Å². The summed E-state index contributed by atoms with van der Waals surface area (Å²) >= 11 is 11.4. The highest BCUT2D eigenvalue weighted by molar-refractivity contribution is 8.23. The predicted molar refractivity (Wildman–Crippen MR) is 72.9 cm³/mol.